The summed E-state index contributed by atoms with van der Waals surface area (Å²) in [5.74, 6) is 0.125. The average molecular weight is 268 g/mol. The maximum atomic E-state index is 11.8. The summed E-state index contributed by atoms with van der Waals surface area (Å²) < 4.78 is 0. The van der Waals surface area contributed by atoms with E-state index in [1.54, 1.807) is 0 Å². The second-order valence-electron chi connectivity index (χ2n) is 6.70. The zero-order valence-corrected chi connectivity index (χ0v) is 12.4. The Kier molecular flexibility index (Phi) is 4.85. The molecule has 0 radical (unpaired) electrons. The fourth-order valence-corrected chi connectivity index (χ4v) is 3.44. The maximum absolute atomic E-state index is 11.8. The van der Waals surface area contributed by atoms with Gasteiger partial charge >= 0.3 is 5.97 Å². The molecule has 0 aromatic carbocycles. The Morgan fingerprint density at radius 1 is 1.21 bits per heavy atom. The molecule has 4 heteroatoms. The number of rotatable bonds is 3. The van der Waals surface area contributed by atoms with E-state index in [1.165, 1.54) is 0 Å². The highest BCUT2D eigenvalue weighted by atomic mass is 16.4. The van der Waals surface area contributed by atoms with Gasteiger partial charge in [0.2, 0.25) is 0 Å². The molecule has 0 amide bonds. The maximum Gasteiger partial charge on any atom is 0.310 e. The van der Waals surface area contributed by atoms with E-state index in [9.17, 15) is 9.90 Å². The van der Waals surface area contributed by atoms with Crippen molar-refractivity contribution < 1.29 is 9.90 Å². The van der Waals surface area contributed by atoms with Gasteiger partial charge in [-0.1, -0.05) is 6.92 Å². The Hall–Kier alpha value is -0.610. The summed E-state index contributed by atoms with van der Waals surface area (Å²) >= 11 is 0. The van der Waals surface area contributed by atoms with E-state index in [4.69, 9.17) is 0 Å². The van der Waals surface area contributed by atoms with Gasteiger partial charge in [-0.3, -0.25) is 4.79 Å². The van der Waals surface area contributed by atoms with Gasteiger partial charge < -0.3 is 14.9 Å². The van der Waals surface area contributed by atoms with E-state index in [0.717, 1.165) is 64.8 Å². The van der Waals surface area contributed by atoms with Crippen molar-refractivity contribution in [3.05, 3.63) is 0 Å². The first kappa shape index (κ1) is 14.8. The van der Waals surface area contributed by atoms with Crippen molar-refractivity contribution in [2.45, 2.75) is 39.0 Å². The number of hydrogen-bond acceptors (Lipinski definition) is 3. The minimum Gasteiger partial charge on any atom is -0.481 e. The lowest BCUT2D eigenvalue weighted by atomic mass is 9.70. The van der Waals surface area contributed by atoms with E-state index in [-0.39, 0.29) is 0 Å². The van der Waals surface area contributed by atoms with Crippen LogP contribution in [0.3, 0.4) is 0 Å². The largest absolute Gasteiger partial charge is 0.481 e. The molecule has 4 nitrogen and oxygen atoms in total. The molecule has 1 aliphatic heterocycles. The Balaban J connectivity index is 1.98. The van der Waals surface area contributed by atoms with Gasteiger partial charge in [-0.15, -0.1) is 0 Å². The van der Waals surface area contributed by atoms with Gasteiger partial charge in [0.1, 0.15) is 0 Å². The molecule has 0 aromatic heterocycles. The third-order valence-electron chi connectivity index (χ3n) is 5.02. The van der Waals surface area contributed by atoms with E-state index < -0.39 is 11.4 Å². The van der Waals surface area contributed by atoms with Gasteiger partial charge in [0.05, 0.1) is 5.41 Å². The predicted molar refractivity (Wildman–Crippen MR) is 76.3 cm³/mol. The first-order valence-electron chi connectivity index (χ1n) is 7.66. The first-order valence-corrected chi connectivity index (χ1v) is 7.66. The SMILES string of the molecule is CC1CCC(CN2CCCN(C)CC2)(C(=O)O)CC1. The number of likely N-dealkylation sites (N-methyl/N-ethyl adjacent to an activating group) is 1. The quantitative estimate of drug-likeness (QED) is 0.849. The van der Waals surface area contributed by atoms with Crippen LogP contribution < -0.4 is 0 Å². The van der Waals surface area contributed by atoms with Crippen molar-refractivity contribution in [1.29, 1.82) is 0 Å². The lowest BCUT2D eigenvalue weighted by Crippen LogP contribution is -2.46. The topological polar surface area (TPSA) is 43.8 Å². The third kappa shape index (κ3) is 3.69. The van der Waals surface area contributed by atoms with Gasteiger partial charge in [-0.2, -0.15) is 0 Å². The van der Waals surface area contributed by atoms with Crippen LogP contribution in [0.2, 0.25) is 0 Å². The number of aliphatic carboxylic acids is 1. The molecule has 1 aliphatic carbocycles. The standard InChI is InChI=1S/C15H28N2O2/c1-13-4-6-15(7-5-13,14(18)19)12-17-9-3-8-16(2)10-11-17/h13H,3-12H2,1-2H3,(H,18,19). The zero-order valence-electron chi connectivity index (χ0n) is 12.4. The van der Waals surface area contributed by atoms with Crippen LogP contribution in [0.25, 0.3) is 0 Å². The second kappa shape index (κ2) is 6.23. The van der Waals surface area contributed by atoms with E-state index in [2.05, 4.69) is 23.8 Å². The number of carbonyl (C=O) groups is 1. The van der Waals surface area contributed by atoms with E-state index >= 15 is 0 Å². The lowest BCUT2D eigenvalue weighted by Gasteiger charge is -2.39. The molecular weight excluding hydrogens is 240 g/mol. The average Bonchev–Trinajstić information content (AvgIpc) is 2.57. The number of carboxylic acids is 1. The van der Waals surface area contributed by atoms with Gasteiger partial charge in [0.15, 0.2) is 0 Å². The summed E-state index contributed by atoms with van der Waals surface area (Å²) in [6.07, 6.45) is 5.01. The molecule has 2 fully saturated rings. The minimum atomic E-state index is -0.572. The smallest absolute Gasteiger partial charge is 0.310 e. The summed E-state index contributed by atoms with van der Waals surface area (Å²) in [4.78, 5) is 16.5. The zero-order chi connectivity index (χ0) is 13.9. The van der Waals surface area contributed by atoms with Gasteiger partial charge in [0, 0.05) is 19.6 Å². The highest BCUT2D eigenvalue weighted by Gasteiger charge is 2.42. The summed E-state index contributed by atoms with van der Waals surface area (Å²) in [6, 6.07) is 0. The summed E-state index contributed by atoms with van der Waals surface area (Å²) in [5.41, 5.74) is -0.477. The monoisotopic (exact) mass is 268 g/mol. The summed E-state index contributed by atoms with van der Waals surface area (Å²) in [6.45, 7) is 7.26. The lowest BCUT2D eigenvalue weighted by molar-refractivity contribution is -0.153. The van der Waals surface area contributed by atoms with Crippen molar-refractivity contribution >= 4 is 5.97 Å². The van der Waals surface area contributed by atoms with Gasteiger partial charge in [-0.05, 0) is 58.2 Å². The third-order valence-corrected chi connectivity index (χ3v) is 5.02. The molecule has 2 aliphatic rings. The summed E-state index contributed by atoms with van der Waals surface area (Å²) in [7, 11) is 2.15. The Morgan fingerprint density at radius 3 is 2.53 bits per heavy atom. The molecule has 0 atom stereocenters. The normalized spacial score (nSPS) is 34.9. The summed E-state index contributed by atoms with van der Waals surface area (Å²) in [5, 5.41) is 9.69. The Morgan fingerprint density at radius 2 is 1.89 bits per heavy atom. The molecular formula is C15H28N2O2. The second-order valence-corrected chi connectivity index (χ2v) is 6.70. The van der Waals surface area contributed by atoms with Crippen LogP contribution in [0.1, 0.15) is 39.0 Å². The Labute approximate surface area is 116 Å². The number of hydrogen-bond donors (Lipinski definition) is 1. The molecule has 0 spiro atoms. The molecule has 110 valence electrons. The van der Waals surface area contributed by atoms with Crippen molar-refractivity contribution in [2.75, 3.05) is 39.8 Å². The highest BCUT2D eigenvalue weighted by Crippen LogP contribution is 2.40. The van der Waals surface area contributed by atoms with Crippen molar-refractivity contribution in [1.82, 2.24) is 9.80 Å². The van der Waals surface area contributed by atoms with Gasteiger partial charge in [-0.25, -0.2) is 0 Å². The minimum absolute atomic E-state index is 0.477. The van der Waals surface area contributed by atoms with Crippen LogP contribution in [0.5, 0.6) is 0 Å². The van der Waals surface area contributed by atoms with Gasteiger partial charge in [0.25, 0.3) is 0 Å². The van der Waals surface area contributed by atoms with E-state index in [1.807, 2.05) is 0 Å². The molecule has 0 bridgehead atoms. The molecule has 0 aromatic rings. The number of carboxylic acid groups (broad SMARTS) is 1. The van der Waals surface area contributed by atoms with Crippen molar-refractivity contribution in [2.24, 2.45) is 11.3 Å². The highest BCUT2D eigenvalue weighted by molar-refractivity contribution is 5.75. The molecule has 1 N–H and O–H groups in total. The first-order chi connectivity index (χ1) is 9.02. The van der Waals surface area contributed by atoms with Crippen LogP contribution in [-0.4, -0.2) is 60.6 Å². The molecule has 1 heterocycles. The predicted octanol–water partition coefficient (Wildman–Crippen LogP) is 1.91. The molecule has 1 saturated carbocycles. The fourth-order valence-electron chi connectivity index (χ4n) is 3.44. The van der Waals surface area contributed by atoms with Crippen LogP contribution >= 0.6 is 0 Å². The molecule has 2 rings (SSSR count). The van der Waals surface area contributed by atoms with Crippen LogP contribution in [0.4, 0.5) is 0 Å². The van der Waals surface area contributed by atoms with Crippen LogP contribution in [0.15, 0.2) is 0 Å². The molecule has 19 heavy (non-hydrogen) atoms. The van der Waals surface area contributed by atoms with Crippen molar-refractivity contribution in [3.63, 3.8) is 0 Å². The molecule has 1 saturated heterocycles. The fraction of sp³-hybridized carbons (Fsp3) is 0.933. The van der Waals surface area contributed by atoms with Crippen molar-refractivity contribution in [3.8, 4) is 0 Å². The van der Waals surface area contributed by atoms with E-state index in [0.29, 0.717) is 5.92 Å². The Bertz CT molecular complexity index is 311. The van der Waals surface area contributed by atoms with Crippen LogP contribution in [0, 0.1) is 11.3 Å². The van der Waals surface area contributed by atoms with Crippen LogP contribution in [-0.2, 0) is 4.79 Å². The number of nitrogens with zero attached hydrogens (tertiary/aromatic N) is 2. The molecule has 0 unspecified atom stereocenters.